The summed E-state index contributed by atoms with van der Waals surface area (Å²) in [6, 6.07) is 9.98. The summed E-state index contributed by atoms with van der Waals surface area (Å²) in [7, 11) is 0. The van der Waals surface area contributed by atoms with Crippen LogP contribution >= 0.6 is 0 Å². The number of nitrogens with two attached hydrogens (primary N) is 1. The van der Waals surface area contributed by atoms with Crippen molar-refractivity contribution in [1.82, 2.24) is 4.90 Å². The van der Waals surface area contributed by atoms with Crippen LogP contribution in [0.5, 0.6) is 0 Å². The zero-order valence-corrected chi connectivity index (χ0v) is 12.6. The number of piperidine rings is 1. The Morgan fingerprint density at radius 1 is 0.950 bits per heavy atom. The second-order valence-electron chi connectivity index (χ2n) is 6.58. The minimum absolute atomic E-state index is 0.745. The zero-order chi connectivity index (χ0) is 13.8. The highest BCUT2D eigenvalue weighted by Gasteiger charge is 2.32. The lowest BCUT2D eigenvalue weighted by molar-refractivity contribution is 0.0547. The van der Waals surface area contributed by atoms with Crippen molar-refractivity contribution >= 4 is 0 Å². The van der Waals surface area contributed by atoms with E-state index in [0.29, 0.717) is 0 Å². The van der Waals surface area contributed by atoms with Crippen LogP contribution in [0.3, 0.4) is 0 Å². The lowest BCUT2D eigenvalue weighted by Gasteiger charge is -2.44. The predicted molar refractivity (Wildman–Crippen MR) is 84.6 cm³/mol. The van der Waals surface area contributed by atoms with Gasteiger partial charge >= 0.3 is 0 Å². The van der Waals surface area contributed by atoms with Crippen LogP contribution in [0, 0.1) is 5.92 Å². The van der Waals surface area contributed by atoms with Gasteiger partial charge in [-0.2, -0.15) is 0 Å². The molecule has 1 aliphatic heterocycles. The minimum Gasteiger partial charge on any atom is -0.330 e. The van der Waals surface area contributed by atoms with Gasteiger partial charge in [-0.05, 0) is 62.2 Å². The summed E-state index contributed by atoms with van der Waals surface area (Å²) in [6.07, 6.45) is 9.65. The van der Waals surface area contributed by atoms with Crippen LogP contribution in [-0.4, -0.2) is 24.0 Å². The van der Waals surface area contributed by atoms with Gasteiger partial charge in [0.2, 0.25) is 0 Å². The smallest absolute Gasteiger partial charge is 0.0236 e. The Bertz CT molecular complexity index is 410. The molecule has 2 nitrogen and oxygen atoms in total. The van der Waals surface area contributed by atoms with E-state index in [1.165, 1.54) is 56.2 Å². The standard InChI is InChI=1S/C18H28N2/c19-12-11-15-7-9-16(10-8-15)14-20-13-3-5-17-4-1-2-6-18(17)20/h7-10,17-18H,1-6,11-14,19H2. The lowest BCUT2D eigenvalue weighted by Crippen LogP contribution is -2.46. The van der Waals surface area contributed by atoms with E-state index in [4.69, 9.17) is 5.73 Å². The maximum absolute atomic E-state index is 5.61. The first-order chi connectivity index (χ1) is 9.86. The van der Waals surface area contributed by atoms with Crippen LogP contribution in [0.15, 0.2) is 24.3 Å². The first kappa shape index (κ1) is 14.1. The fraction of sp³-hybridized carbons (Fsp3) is 0.667. The highest BCUT2D eigenvalue weighted by atomic mass is 15.2. The van der Waals surface area contributed by atoms with E-state index in [2.05, 4.69) is 29.2 Å². The summed E-state index contributed by atoms with van der Waals surface area (Å²) < 4.78 is 0. The van der Waals surface area contributed by atoms with Gasteiger partial charge < -0.3 is 5.73 Å². The molecular weight excluding hydrogens is 244 g/mol. The average Bonchev–Trinajstić information content (AvgIpc) is 2.50. The second kappa shape index (κ2) is 6.73. The number of benzene rings is 1. The maximum atomic E-state index is 5.61. The van der Waals surface area contributed by atoms with Gasteiger partial charge in [0.05, 0.1) is 0 Å². The summed E-state index contributed by atoms with van der Waals surface area (Å²) in [5.41, 5.74) is 8.45. The van der Waals surface area contributed by atoms with E-state index >= 15 is 0 Å². The Labute approximate surface area is 123 Å². The average molecular weight is 272 g/mol. The molecule has 1 aromatic rings. The Kier molecular flexibility index (Phi) is 4.74. The van der Waals surface area contributed by atoms with Gasteiger partial charge in [0.25, 0.3) is 0 Å². The number of nitrogens with zero attached hydrogens (tertiary/aromatic N) is 1. The molecule has 0 radical (unpaired) electrons. The van der Waals surface area contributed by atoms with Crippen LogP contribution in [0.2, 0.25) is 0 Å². The first-order valence-corrected chi connectivity index (χ1v) is 8.39. The highest BCUT2D eigenvalue weighted by Crippen LogP contribution is 2.35. The van der Waals surface area contributed by atoms with Gasteiger partial charge in [-0.3, -0.25) is 4.90 Å². The molecule has 1 saturated carbocycles. The Morgan fingerprint density at radius 3 is 2.45 bits per heavy atom. The fourth-order valence-corrected chi connectivity index (χ4v) is 4.14. The van der Waals surface area contributed by atoms with Crippen LogP contribution in [-0.2, 0) is 13.0 Å². The molecule has 2 unspecified atom stereocenters. The van der Waals surface area contributed by atoms with Crippen LogP contribution in [0.1, 0.15) is 49.7 Å². The summed E-state index contributed by atoms with van der Waals surface area (Å²) in [6.45, 7) is 3.19. The topological polar surface area (TPSA) is 29.3 Å². The van der Waals surface area contributed by atoms with Crippen molar-refractivity contribution in [2.45, 2.75) is 57.5 Å². The molecule has 0 bridgehead atoms. The van der Waals surface area contributed by atoms with Gasteiger partial charge in [0, 0.05) is 12.6 Å². The van der Waals surface area contributed by atoms with Crippen molar-refractivity contribution in [3.05, 3.63) is 35.4 Å². The monoisotopic (exact) mass is 272 g/mol. The molecule has 1 saturated heterocycles. The molecule has 1 aromatic carbocycles. The number of hydrogen-bond acceptors (Lipinski definition) is 2. The summed E-state index contributed by atoms with van der Waals surface area (Å²) >= 11 is 0. The molecule has 0 aromatic heterocycles. The summed E-state index contributed by atoms with van der Waals surface area (Å²) in [5, 5.41) is 0. The molecule has 2 atom stereocenters. The number of likely N-dealkylation sites (tertiary alicyclic amines) is 1. The van der Waals surface area contributed by atoms with Gasteiger partial charge in [0.1, 0.15) is 0 Å². The summed E-state index contributed by atoms with van der Waals surface area (Å²) in [5.74, 6) is 0.981. The molecule has 0 spiro atoms. The Balaban J connectivity index is 1.63. The van der Waals surface area contributed by atoms with E-state index in [1.807, 2.05) is 0 Å². The Hall–Kier alpha value is -0.860. The van der Waals surface area contributed by atoms with Crippen LogP contribution in [0.25, 0.3) is 0 Å². The third kappa shape index (κ3) is 3.24. The van der Waals surface area contributed by atoms with Crippen molar-refractivity contribution < 1.29 is 0 Å². The van der Waals surface area contributed by atoms with Crippen molar-refractivity contribution in [3.8, 4) is 0 Å². The van der Waals surface area contributed by atoms with Gasteiger partial charge in [0.15, 0.2) is 0 Å². The predicted octanol–water partition coefficient (Wildman–Crippen LogP) is 3.34. The van der Waals surface area contributed by atoms with E-state index in [9.17, 15) is 0 Å². The van der Waals surface area contributed by atoms with Gasteiger partial charge in [-0.15, -0.1) is 0 Å². The number of rotatable bonds is 4. The number of hydrogen-bond donors (Lipinski definition) is 1. The summed E-state index contributed by atoms with van der Waals surface area (Å²) in [4.78, 5) is 2.76. The Morgan fingerprint density at radius 2 is 1.65 bits per heavy atom. The first-order valence-electron chi connectivity index (χ1n) is 8.39. The highest BCUT2D eigenvalue weighted by molar-refractivity contribution is 5.23. The molecule has 0 amide bonds. The van der Waals surface area contributed by atoms with Gasteiger partial charge in [-0.25, -0.2) is 0 Å². The minimum atomic E-state index is 0.745. The SMILES string of the molecule is NCCc1ccc(CN2CCCC3CCCCC32)cc1. The van der Waals surface area contributed by atoms with Crippen LogP contribution in [0.4, 0.5) is 0 Å². The van der Waals surface area contributed by atoms with Crippen molar-refractivity contribution in [3.63, 3.8) is 0 Å². The molecule has 1 aliphatic carbocycles. The van der Waals surface area contributed by atoms with Crippen molar-refractivity contribution in [2.75, 3.05) is 13.1 Å². The van der Waals surface area contributed by atoms with E-state index in [0.717, 1.165) is 31.5 Å². The third-order valence-corrected chi connectivity index (χ3v) is 5.20. The molecule has 1 heterocycles. The van der Waals surface area contributed by atoms with E-state index in [-0.39, 0.29) is 0 Å². The number of fused-ring (bicyclic) bond motifs is 1. The van der Waals surface area contributed by atoms with Gasteiger partial charge in [-0.1, -0.05) is 37.1 Å². The fourth-order valence-electron chi connectivity index (χ4n) is 4.14. The normalized spacial score (nSPS) is 27.2. The molecule has 3 rings (SSSR count). The zero-order valence-electron chi connectivity index (χ0n) is 12.6. The molecule has 2 N–H and O–H groups in total. The van der Waals surface area contributed by atoms with E-state index in [1.54, 1.807) is 0 Å². The molecule has 20 heavy (non-hydrogen) atoms. The molecular formula is C18H28N2. The maximum Gasteiger partial charge on any atom is 0.0236 e. The second-order valence-corrected chi connectivity index (χ2v) is 6.58. The lowest BCUT2D eigenvalue weighted by atomic mass is 9.78. The quantitative estimate of drug-likeness (QED) is 0.911. The molecule has 2 fully saturated rings. The van der Waals surface area contributed by atoms with Crippen LogP contribution < -0.4 is 5.73 Å². The third-order valence-electron chi connectivity index (χ3n) is 5.20. The van der Waals surface area contributed by atoms with Crippen molar-refractivity contribution in [1.29, 1.82) is 0 Å². The molecule has 110 valence electrons. The molecule has 2 aliphatic rings. The van der Waals surface area contributed by atoms with E-state index < -0.39 is 0 Å². The largest absolute Gasteiger partial charge is 0.330 e. The molecule has 2 heteroatoms. The van der Waals surface area contributed by atoms with Crippen molar-refractivity contribution in [2.24, 2.45) is 11.7 Å².